The number of hydrogen-bond acceptors (Lipinski definition) is 6. The van der Waals surface area contributed by atoms with Gasteiger partial charge in [-0.1, -0.05) is 19.1 Å². The fourth-order valence-corrected chi connectivity index (χ4v) is 4.76. The molecule has 1 aliphatic heterocycles. The van der Waals surface area contributed by atoms with Crippen LogP contribution in [-0.4, -0.2) is 60.9 Å². The van der Waals surface area contributed by atoms with E-state index in [9.17, 15) is 14.3 Å². The second-order valence-corrected chi connectivity index (χ2v) is 9.12. The Balaban J connectivity index is 1.74. The standard InChI is InChI=1S/C28H34FN3O4/c1-4-26(34)31(15-13-19-7-9-21(29)10-8-19)17-20-16-23-24(35-2)11-12-25(36-3)27(23)30-28(20)32-14-5-6-22(33)18-32/h7-12,16,22,33H,4-6,13-15,17-18H2,1-3H3. The highest BCUT2D eigenvalue weighted by molar-refractivity contribution is 5.92. The molecule has 36 heavy (non-hydrogen) atoms. The molecule has 1 amide bonds. The van der Waals surface area contributed by atoms with E-state index >= 15 is 0 Å². The van der Waals surface area contributed by atoms with Gasteiger partial charge in [-0.25, -0.2) is 9.37 Å². The molecule has 0 aliphatic carbocycles. The van der Waals surface area contributed by atoms with Gasteiger partial charge >= 0.3 is 0 Å². The quantitative estimate of drug-likeness (QED) is 0.476. The zero-order valence-electron chi connectivity index (χ0n) is 21.2. The van der Waals surface area contributed by atoms with E-state index in [4.69, 9.17) is 14.5 Å². The number of rotatable bonds is 9. The van der Waals surface area contributed by atoms with Crippen LogP contribution in [0.25, 0.3) is 10.9 Å². The van der Waals surface area contributed by atoms with Gasteiger partial charge in [0, 0.05) is 43.5 Å². The highest BCUT2D eigenvalue weighted by atomic mass is 19.1. The number of hydrogen-bond donors (Lipinski definition) is 1. The molecule has 7 nitrogen and oxygen atoms in total. The van der Waals surface area contributed by atoms with Crippen LogP contribution >= 0.6 is 0 Å². The number of aliphatic hydroxyl groups excluding tert-OH is 1. The Bertz CT molecular complexity index is 1200. The van der Waals surface area contributed by atoms with E-state index in [1.165, 1.54) is 12.1 Å². The Hall–Kier alpha value is -3.39. The average molecular weight is 496 g/mol. The second-order valence-electron chi connectivity index (χ2n) is 9.12. The van der Waals surface area contributed by atoms with Crippen molar-refractivity contribution < 1.29 is 23.8 Å². The Morgan fingerprint density at radius 3 is 2.56 bits per heavy atom. The average Bonchev–Trinajstić information content (AvgIpc) is 2.90. The maximum absolute atomic E-state index is 13.3. The number of β-amino-alcohol motifs (C(OH)–C–C–N with tert-alkyl or cyclic N) is 1. The van der Waals surface area contributed by atoms with Gasteiger partial charge in [0.15, 0.2) is 0 Å². The molecular formula is C28H34FN3O4. The lowest BCUT2D eigenvalue weighted by molar-refractivity contribution is -0.131. The van der Waals surface area contributed by atoms with Gasteiger partial charge < -0.3 is 24.4 Å². The van der Waals surface area contributed by atoms with Crippen LogP contribution in [0.4, 0.5) is 10.2 Å². The van der Waals surface area contributed by atoms with E-state index in [1.807, 2.05) is 30.0 Å². The van der Waals surface area contributed by atoms with Gasteiger partial charge in [-0.2, -0.15) is 0 Å². The molecule has 0 radical (unpaired) electrons. The Morgan fingerprint density at radius 1 is 1.17 bits per heavy atom. The van der Waals surface area contributed by atoms with Crippen LogP contribution in [-0.2, 0) is 17.8 Å². The summed E-state index contributed by atoms with van der Waals surface area (Å²) in [7, 11) is 3.23. The van der Waals surface area contributed by atoms with E-state index in [0.29, 0.717) is 49.5 Å². The molecule has 1 fully saturated rings. The first-order chi connectivity index (χ1) is 17.4. The van der Waals surface area contributed by atoms with Crippen LogP contribution in [0.5, 0.6) is 11.5 Å². The molecule has 0 spiro atoms. The summed E-state index contributed by atoms with van der Waals surface area (Å²) in [6.45, 7) is 3.95. The highest BCUT2D eigenvalue weighted by Crippen LogP contribution is 2.36. The van der Waals surface area contributed by atoms with Gasteiger partial charge in [0.25, 0.3) is 0 Å². The van der Waals surface area contributed by atoms with Crippen LogP contribution < -0.4 is 14.4 Å². The summed E-state index contributed by atoms with van der Waals surface area (Å²) in [5, 5.41) is 11.2. The molecule has 1 N–H and O–H groups in total. The Morgan fingerprint density at radius 2 is 1.89 bits per heavy atom. The largest absolute Gasteiger partial charge is 0.496 e. The summed E-state index contributed by atoms with van der Waals surface area (Å²) < 4.78 is 24.5. The topological polar surface area (TPSA) is 75.1 Å². The minimum Gasteiger partial charge on any atom is -0.496 e. The van der Waals surface area contributed by atoms with Gasteiger partial charge in [-0.3, -0.25) is 4.79 Å². The zero-order chi connectivity index (χ0) is 25.7. The lowest BCUT2D eigenvalue weighted by Gasteiger charge is -2.34. The predicted octanol–water partition coefficient (Wildman–Crippen LogP) is 4.33. The Labute approximate surface area is 211 Å². The molecule has 4 rings (SSSR count). The van der Waals surface area contributed by atoms with Gasteiger partial charge in [0.1, 0.15) is 28.7 Å². The number of anilines is 1. The molecule has 1 aliphatic rings. The number of carbonyl (C=O) groups excluding carboxylic acids is 1. The number of aliphatic hydroxyl groups is 1. The van der Waals surface area contributed by atoms with Crippen molar-refractivity contribution in [1.29, 1.82) is 0 Å². The third kappa shape index (κ3) is 5.70. The number of aromatic nitrogens is 1. The summed E-state index contributed by atoms with van der Waals surface area (Å²) in [6.07, 6.45) is 2.18. The number of amides is 1. The summed E-state index contributed by atoms with van der Waals surface area (Å²) in [5.74, 6) is 1.79. The summed E-state index contributed by atoms with van der Waals surface area (Å²) in [6, 6.07) is 12.1. The van der Waals surface area contributed by atoms with Crippen LogP contribution in [0.15, 0.2) is 42.5 Å². The summed E-state index contributed by atoms with van der Waals surface area (Å²) in [4.78, 5) is 21.9. The first kappa shape index (κ1) is 25.7. The number of pyridine rings is 1. The number of benzene rings is 2. The fraction of sp³-hybridized carbons (Fsp3) is 0.429. The summed E-state index contributed by atoms with van der Waals surface area (Å²) in [5.41, 5.74) is 2.52. The number of carbonyl (C=O) groups is 1. The van der Waals surface area contributed by atoms with Crippen molar-refractivity contribution in [2.45, 2.75) is 45.3 Å². The van der Waals surface area contributed by atoms with Crippen LogP contribution in [0.2, 0.25) is 0 Å². The van der Waals surface area contributed by atoms with Gasteiger partial charge in [0.05, 0.1) is 20.3 Å². The monoisotopic (exact) mass is 495 g/mol. The maximum atomic E-state index is 13.3. The van der Waals surface area contributed by atoms with Crippen molar-refractivity contribution >= 4 is 22.6 Å². The smallest absolute Gasteiger partial charge is 0.222 e. The number of piperidine rings is 1. The van der Waals surface area contributed by atoms with Crippen molar-refractivity contribution in [3.63, 3.8) is 0 Å². The molecule has 0 saturated carbocycles. The maximum Gasteiger partial charge on any atom is 0.222 e. The van der Waals surface area contributed by atoms with E-state index in [0.717, 1.165) is 41.7 Å². The van der Waals surface area contributed by atoms with Crippen molar-refractivity contribution in [2.75, 3.05) is 38.8 Å². The fourth-order valence-electron chi connectivity index (χ4n) is 4.76. The SMILES string of the molecule is CCC(=O)N(CCc1ccc(F)cc1)Cc1cc2c(OC)ccc(OC)c2nc1N1CCCC(O)C1. The van der Waals surface area contributed by atoms with Gasteiger partial charge in [-0.15, -0.1) is 0 Å². The molecular weight excluding hydrogens is 461 g/mol. The molecule has 8 heteroatoms. The first-order valence-corrected chi connectivity index (χ1v) is 12.4. The van der Waals surface area contributed by atoms with E-state index in [1.54, 1.807) is 26.4 Å². The van der Waals surface area contributed by atoms with Gasteiger partial charge in [-0.05, 0) is 55.2 Å². The normalized spacial score (nSPS) is 15.7. The van der Waals surface area contributed by atoms with Crippen LogP contribution in [0, 0.1) is 5.82 Å². The molecule has 2 aromatic carbocycles. The van der Waals surface area contributed by atoms with Crippen molar-refractivity contribution in [1.82, 2.24) is 9.88 Å². The number of fused-ring (bicyclic) bond motifs is 1. The van der Waals surface area contributed by atoms with E-state index in [-0.39, 0.29) is 11.7 Å². The minimum atomic E-state index is -0.428. The number of ether oxygens (including phenoxy) is 2. The lowest BCUT2D eigenvalue weighted by atomic mass is 10.0. The number of methoxy groups -OCH3 is 2. The van der Waals surface area contributed by atoms with Crippen molar-refractivity contribution in [3.8, 4) is 11.5 Å². The molecule has 192 valence electrons. The molecule has 1 aromatic heterocycles. The molecule has 1 saturated heterocycles. The summed E-state index contributed by atoms with van der Waals surface area (Å²) >= 11 is 0. The number of halogens is 1. The zero-order valence-corrected chi connectivity index (χ0v) is 21.2. The van der Waals surface area contributed by atoms with Crippen LogP contribution in [0.3, 0.4) is 0 Å². The van der Waals surface area contributed by atoms with E-state index in [2.05, 4.69) is 4.90 Å². The molecule has 1 atom stereocenters. The van der Waals surface area contributed by atoms with Crippen molar-refractivity contribution in [3.05, 3.63) is 59.4 Å². The van der Waals surface area contributed by atoms with Crippen molar-refractivity contribution in [2.24, 2.45) is 0 Å². The van der Waals surface area contributed by atoms with Crippen LogP contribution in [0.1, 0.15) is 37.3 Å². The third-order valence-corrected chi connectivity index (χ3v) is 6.70. The lowest BCUT2D eigenvalue weighted by Crippen LogP contribution is -2.40. The molecule has 0 bridgehead atoms. The highest BCUT2D eigenvalue weighted by Gasteiger charge is 2.25. The Kier molecular flexibility index (Phi) is 8.25. The third-order valence-electron chi connectivity index (χ3n) is 6.70. The molecule has 3 aromatic rings. The first-order valence-electron chi connectivity index (χ1n) is 12.4. The van der Waals surface area contributed by atoms with E-state index < -0.39 is 6.10 Å². The molecule has 2 heterocycles. The minimum absolute atomic E-state index is 0.0273. The molecule has 1 unspecified atom stereocenters. The second kappa shape index (κ2) is 11.6. The number of nitrogens with zero attached hydrogens (tertiary/aromatic N) is 3. The predicted molar refractivity (Wildman–Crippen MR) is 138 cm³/mol. The van der Waals surface area contributed by atoms with Gasteiger partial charge in [0.2, 0.25) is 5.91 Å².